The fourth-order valence-corrected chi connectivity index (χ4v) is 1.27. The second-order valence-electron chi connectivity index (χ2n) is 2.94. The molecule has 2 rings (SSSR count). The van der Waals surface area contributed by atoms with E-state index in [1.165, 1.54) is 0 Å². The van der Waals surface area contributed by atoms with Gasteiger partial charge >= 0.3 is 0 Å². The van der Waals surface area contributed by atoms with E-state index in [-0.39, 0.29) is 12.5 Å². The molecular weight excluding hydrogens is 196 g/mol. The Labute approximate surface area is 86.7 Å². The lowest BCUT2D eigenvalue weighted by Crippen LogP contribution is -2.32. The standard InChI is InChI=1S/C10H10N2O3/c1-14-8-5-3-2-4-7(8)10-12-11-9(13)6-15-10/h2-5H,6H2,1H3,(H,11,13). The number of carbonyl (C=O) groups is 1. The molecule has 0 fully saturated rings. The molecule has 1 amide bonds. The summed E-state index contributed by atoms with van der Waals surface area (Å²) in [6.07, 6.45) is 0. The van der Waals surface area contributed by atoms with Gasteiger partial charge in [-0.3, -0.25) is 4.79 Å². The number of rotatable bonds is 2. The number of nitrogens with zero attached hydrogens (tertiary/aromatic N) is 1. The average molecular weight is 206 g/mol. The largest absolute Gasteiger partial charge is 0.496 e. The number of methoxy groups -OCH3 is 1. The summed E-state index contributed by atoms with van der Waals surface area (Å²) in [6, 6.07) is 7.32. The molecule has 0 saturated carbocycles. The summed E-state index contributed by atoms with van der Waals surface area (Å²) in [6.45, 7) is -0.0170. The van der Waals surface area contributed by atoms with E-state index < -0.39 is 0 Å². The van der Waals surface area contributed by atoms with Gasteiger partial charge in [-0.15, -0.1) is 5.10 Å². The Hall–Kier alpha value is -2.04. The molecule has 0 saturated heterocycles. The van der Waals surface area contributed by atoms with Crippen molar-refractivity contribution in [1.29, 1.82) is 0 Å². The van der Waals surface area contributed by atoms with Gasteiger partial charge < -0.3 is 9.47 Å². The lowest BCUT2D eigenvalue weighted by molar-refractivity contribution is -0.124. The second-order valence-corrected chi connectivity index (χ2v) is 2.94. The van der Waals surface area contributed by atoms with Crippen molar-refractivity contribution in [3.63, 3.8) is 0 Å². The predicted octanol–water partition coefficient (Wildman–Crippen LogP) is 0.503. The molecule has 5 heteroatoms. The van der Waals surface area contributed by atoms with Crippen LogP contribution >= 0.6 is 0 Å². The fourth-order valence-electron chi connectivity index (χ4n) is 1.27. The van der Waals surface area contributed by atoms with Crippen LogP contribution in [-0.2, 0) is 9.53 Å². The van der Waals surface area contributed by atoms with E-state index in [1.54, 1.807) is 13.2 Å². The summed E-state index contributed by atoms with van der Waals surface area (Å²) < 4.78 is 10.3. The van der Waals surface area contributed by atoms with Gasteiger partial charge in [0.2, 0.25) is 5.90 Å². The second kappa shape index (κ2) is 4.00. The molecule has 1 heterocycles. The highest BCUT2D eigenvalue weighted by Crippen LogP contribution is 2.19. The number of hydrazone groups is 1. The van der Waals surface area contributed by atoms with Crippen molar-refractivity contribution in [2.75, 3.05) is 13.7 Å². The molecule has 0 bridgehead atoms. The van der Waals surface area contributed by atoms with Crippen molar-refractivity contribution in [2.24, 2.45) is 5.10 Å². The number of para-hydroxylation sites is 1. The van der Waals surface area contributed by atoms with Gasteiger partial charge in [-0.05, 0) is 12.1 Å². The normalized spacial score (nSPS) is 15.0. The summed E-state index contributed by atoms with van der Waals surface area (Å²) >= 11 is 0. The third-order valence-corrected chi connectivity index (χ3v) is 1.96. The molecule has 0 atom stereocenters. The Kier molecular flexibility index (Phi) is 2.53. The maximum Gasteiger partial charge on any atom is 0.278 e. The van der Waals surface area contributed by atoms with Crippen molar-refractivity contribution < 1.29 is 14.3 Å². The zero-order valence-electron chi connectivity index (χ0n) is 8.19. The van der Waals surface area contributed by atoms with Gasteiger partial charge in [-0.1, -0.05) is 12.1 Å². The van der Waals surface area contributed by atoms with Crippen molar-refractivity contribution in [3.8, 4) is 5.75 Å². The summed E-state index contributed by atoms with van der Waals surface area (Å²) in [5, 5.41) is 3.80. The van der Waals surface area contributed by atoms with Gasteiger partial charge in [0.15, 0.2) is 6.61 Å². The Morgan fingerprint density at radius 3 is 2.93 bits per heavy atom. The Balaban J connectivity index is 2.33. The van der Waals surface area contributed by atoms with E-state index in [4.69, 9.17) is 9.47 Å². The first-order valence-corrected chi connectivity index (χ1v) is 4.44. The third kappa shape index (κ3) is 1.90. The summed E-state index contributed by atoms with van der Waals surface area (Å²) in [7, 11) is 1.57. The van der Waals surface area contributed by atoms with Gasteiger partial charge in [0.1, 0.15) is 5.75 Å². The minimum atomic E-state index is -0.256. The molecule has 1 aromatic carbocycles. The molecule has 0 aromatic heterocycles. The van der Waals surface area contributed by atoms with Crippen LogP contribution in [0.3, 0.4) is 0 Å². The quantitative estimate of drug-likeness (QED) is 0.766. The lowest BCUT2D eigenvalue weighted by Gasteiger charge is -2.15. The number of amides is 1. The van der Waals surface area contributed by atoms with Crippen LogP contribution in [0.5, 0.6) is 5.75 Å². The lowest BCUT2D eigenvalue weighted by atomic mass is 10.2. The summed E-state index contributed by atoms with van der Waals surface area (Å²) in [4.78, 5) is 10.8. The third-order valence-electron chi connectivity index (χ3n) is 1.96. The number of hydrogen-bond donors (Lipinski definition) is 1. The molecular formula is C10H10N2O3. The van der Waals surface area contributed by atoms with E-state index in [9.17, 15) is 4.79 Å². The molecule has 15 heavy (non-hydrogen) atoms. The van der Waals surface area contributed by atoms with E-state index in [2.05, 4.69) is 10.5 Å². The monoisotopic (exact) mass is 206 g/mol. The first kappa shape index (κ1) is 9.51. The van der Waals surface area contributed by atoms with Gasteiger partial charge in [0.25, 0.3) is 5.91 Å². The van der Waals surface area contributed by atoms with E-state index in [0.29, 0.717) is 11.6 Å². The van der Waals surface area contributed by atoms with Crippen LogP contribution in [0, 0.1) is 0 Å². The molecule has 0 unspecified atom stereocenters. The molecule has 0 radical (unpaired) electrons. The maximum absolute atomic E-state index is 10.8. The van der Waals surface area contributed by atoms with Crippen LogP contribution in [0.25, 0.3) is 0 Å². The van der Waals surface area contributed by atoms with Crippen molar-refractivity contribution in [1.82, 2.24) is 5.43 Å². The molecule has 0 aliphatic carbocycles. The predicted molar refractivity (Wildman–Crippen MR) is 53.6 cm³/mol. The number of ether oxygens (including phenoxy) is 2. The Morgan fingerprint density at radius 2 is 2.27 bits per heavy atom. The molecule has 1 aromatic rings. The van der Waals surface area contributed by atoms with Crippen LogP contribution in [0.1, 0.15) is 5.56 Å². The minimum Gasteiger partial charge on any atom is -0.496 e. The highest BCUT2D eigenvalue weighted by molar-refractivity contribution is 6.00. The van der Waals surface area contributed by atoms with Crippen LogP contribution in [0.4, 0.5) is 0 Å². The first-order chi connectivity index (χ1) is 7.31. The zero-order valence-corrected chi connectivity index (χ0v) is 8.19. The zero-order chi connectivity index (χ0) is 10.7. The van der Waals surface area contributed by atoms with Crippen LogP contribution in [0.15, 0.2) is 29.4 Å². The average Bonchev–Trinajstić information content (AvgIpc) is 2.30. The number of benzene rings is 1. The first-order valence-electron chi connectivity index (χ1n) is 4.44. The number of carbonyl (C=O) groups excluding carboxylic acids is 1. The molecule has 1 aliphatic heterocycles. The SMILES string of the molecule is COc1ccccc1C1=NNC(=O)CO1. The number of hydrogen-bond acceptors (Lipinski definition) is 4. The van der Waals surface area contributed by atoms with E-state index >= 15 is 0 Å². The molecule has 1 N–H and O–H groups in total. The molecule has 1 aliphatic rings. The van der Waals surface area contributed by atoms with Crippen molar-refractivity contribution in [2.45, 2.75) is 0 Å². The highest BCUT2D eigenvalue weighted by Gasteiger charge is 2.17. The maximum atomic E-state index is 10.8. The topological polar surface area (TPSA) is 59.9 Å². The molecule has 5 nitrogen and oxygen atoms in total. The molecule has 78 valence electrons. The van der Waals surface area contributed by atoms with Gasteiger partial charge in [-0.25, -0.2) is 5.43 Å². The Morgan fingerprint density at radius 1 is 1.47 bits per heavy atom. The molecule has 0 spiro atoms. The van der Waals surface area contributed by atoms with Crippen LogP contribution < -0.4 is 10.2 Å². The smallest absolute Gasteiger partial charge is 0.278 e. The van der Waals surface area contributed by atoms with Crippen molar-refractivity contribution >= 4 is 11.8 Å². The Bertz CT molecular complexity index is 415. The van der Waals surface area contributed by atoms with Gasteiger partial charge in [0, 0.05) is 0 Å². The summed E-state index contributed by atoms with van der Waals surface area (Å²) in [5.74, 6) is 0.771. The highest BCUT2D eigenvalue weighted by atomic mass is 16.5. The summed E-state index contributed by atoms with van der Waals surface area (Å²) in [5.41, 5.74) is 3.07. The van der Waals surface area contributed by atoms with E-state index in [0.717, 1.165) is 5.56 Å². The minimum absolute atomic E-state index is 0.0170. The van der Waals surface area contributed by atoms with E-state index in [1.807, 2.05) is 18.2 Å². The van der Waals surface area contributed by atoms with Crippen LogP contribution in [-0.4, -0.2) is 25.5 Å². The fraction of sp³-hybridized carbons (Fsp3) is 0.200. The van der Waals surface area contributed by atoms with Crippen molar-refractivity contribution in [3.05, 3.63) is 29.8 Å². The van der Waals surface area contributed by atoms with Crippen LogP contribution in [0.2, 0.25) is 0 Å². The van der Waals surface area contributed by atoms with Gasteiger partial charge in [0.05, 0.1) is 12.7 Å². The van der Waals surface area contributed by atoms with Gasteiger partial charge in [-0.2, -0.15) is 0 Å². The number of nitrogens with one attached hydrogen (secondary N) is 1.